The molecule has 0 spiro atoms. The van der Waals surface area contributed by atoms with Crippen LogP contribution in [-0.4, -0.2) is 47.4 Å². The third-order valence-corrected chi connectivity index (χ3v) is 6.57. The first-order valence-electron chi connectivity index (χ1n) is 9.57. The molecule has 6 nitrogen and oxygen atoms in total. The number of carbonyl (C=O) groups is 2. The van der Waals surface area contributed by atoms with Crippen molar-refractivity contribution in [3.8, 4) is 0 Å². The molecular formula is C22H24BrN3O3S. The molecule has 1 atom stereocenters. The van der Waals surface area contributed by atoms with Gasteiger partial charge in [0.05, 0.1) is 24.5 Å². The van der Waals surface area contributed by atoms with E-state index in [0.717, 1.165) is 21.3 Å². The molecule has 2 aromatic carbocycles. The van der Waals surface area contributed by atoms with Crippen molar-refractivity contribution in [2.45, 2.75) is 25.5 Å². The average Bonchev–Trinajstić information content (AvgIpc) is 2.99. The van der Waals surface area contributed by atoms with Gasteiger partial charge in [0, 0.05) is 18.0 Å². The van der Waals surface area contributed by atoms with Crippen molar-refractivity contribution in [1.82, 2.24) is 4.90 Å². The monoisotopic (exact) mass is 489 g/mol. The Balaban J connectivity index is 1.80. The number of aliphatic imine (C=N–C) groups is 1. The minimum Gasteiger partial charge on any atom is -0.383 e. The molecule has 3 rings (SSSR count). The summed E-state index contributed by atoms with van der Waals surface area (Å²) in [6.07, 6.45) is 0.0695. The van der Waals surface area contributed by atoms with Gasteiger partial charge >= 0.3 is 0 Å². The normalized spacial score (nSPS) is 17.6. The number of methoxy groups -OCH3 is 1. The highest BCUT2D eigenvalue weighted by molar-refractivity contribution is 9.10. The molecule has 30 heavy (non-hydrogen) atoms. The van der Waals surface area contributed by atoms with Crippen molar-refractivity contribution in [2.24, 2.45) is 4.99 Å². The number of amidine groups is 1. The first kappa shape index (κ1) is 22.5. The predicted molar refractivity (Wildman–Crippen MR) is 125 cm³/mol. The first-order valence-corrected chi connectivity index (χ1v) is 11.2. The van der Waals surface area contributed by atoms with E-state index in [1.807, 2.05) is 56.3 Å². The summed E-state index contributed by atoms with van der Waals surface area (Å²) in [5.41, 5.74) is 3.61. The highest BCUT2D eigenvalue weighted by atomic mass is 79.9. The Morgan fingerprint density at radius 3 is 2.57 bits per heavy atom. The Morgan fingerprint density at radius 2 is 1.90 bits per heavy atom. The average molecular weight is 490 g/mol. The maximum Gasteiger partial charge on any atom is 0.242 e. The number of halogens is 1. The summed E-state index contributed by atoms with van der Waals surface area (Å²) in [7, 11) is 1.60. The molecule has 1 aliphatic heterocycles. The van der Waals surface area contributed by atoms with E-state index in [2.05, 4.69) is 21.2 Å². The van der Waals surface area contributed by atoms with Crippen LogP contribution >= 0.6 is 27.7 Å². The van der Waals surface area contributed by atoms with Gasteiger partial charge in [-0.2, -0.15) is 0 Å². The molecule has 1 aliphatic rings. The number of aryl methyl sites for hydroxylation is 2. The number of ether oxygens (including phenoxy) is 1. The molecule has 0 bridgehead atoms. The van der Waals surface area contributed by atoms with E-state index in [4.69, 9.17) is 9.73 Å². The lowest BCUT2D eigenvalue weighted by Crippen LogP contribution is -2.35. The molecule has 2 aromatic rings. The van der Waals surface area contributed by atoms with Gasteiger partial charge < -0.3 is 10.1 Å². The Kier molecular flexibility index (Phi) is 7.69. The summed E-state index contributed by atoms with van der Waals surface area (Å²) in [4.78, 5) is 32.0. The molecule has 1 N–H and O–H groups in total. The van der Waals surface area contributed by atoms with Gasteiger partial charge in [0.25, 0.3) is 0 Å². The van der Waals surface area contributed by atoms with Crippen LogP contribution < -0.4 is 5.32 Å². The number of nitrogens with zero attached hydrogens (tertiary/aromatic N) is 2. The van der Waals surface area contributed by atoms with E-state index in [0.29, 0.717) is 24.0 Å². The number of hydrogen-bond acceptors (Lipinski definition) is 5. The van der Waals surface area contributed by atoms with Gasteiger partial charge in [0.15, 0.2) is 5.17 Å². The van der Waals surface area contributed by atoms with E-state index in [1.165, 1.54) is 11.8 Å². The minimum atomic E-state index is -0.521. The Morgan fingerprint density at radius 1 is 1.20 bits per heavy atom. The highest BCUT2D eigenvalue weighted by Crippen LogP contribution is 2.34. The molecule has 2 amide bonds. The van der Waals surface area contributed by atoms with E-state index in [-0.39, 0.29) is 18.2 Å². The number of carbonyl (C=O) groups excluding carboxylic acids is 2. The van der Waals surface area contributed by atoms with Gasteiger partial charge in [-0.25, -0.2) is 4.99 Å². The van der Waals surface area contributed by atoms with Crippen molar-refractivity contribution in [3.63, 3.8) is 0 Å². The van der Waals surface area contributed by atoms with Crippen LogP contribution in [0.5, 0.6) is 0 Å². The Labute approximate surface area is 189 Å². The highest BCUT2D eigenvalue weighted by Gasteiger charge is 2.39. The van der Waals surface area contributed by atoms with Crippen LogP contribution in [-0.2, 0) is 14.3 Å². The van der Waals surface area contributed by atoms with Gasteiger partial charge in [-0.15, -0.1) is 0 Å². The zero-order chi connectivity index (χ0) is 21.7. The third-order valence-electron chi connectivity index (χ3n) is 4.70. The largest absolute Gasteiger partial charge is 0.383 e. The zero-order valence-electron chi connectivity index (χ0n) is 17.1. The summed E-state index contributed by atoms with van der Waals surface area (Å²) >= 11 is 4.75. The van der Waals surface area contributed by atoms with Crippen LogP contribution in [0.25, 0.3) is 0 Å². The zero-order valence-corrected chi connectivity index (χ0v) is 19.5. The van der Waals surface area contributed by atoms with Crippen LogP contribution in [0.15, 0.2) is 51.9 Å². The lowest BCUT2D eigenvalue weighted by atomic mass is 10.1. The van der Waals surface area contributed by atoms with Gasteiger partial charge in [0.1, 0.15) is 5.25 Å². The molecule has 0 radical (unpaired) electrons. The van der Waals surface area contributed by atoms with Crippen LogP contribution in [0, 0.1) is 13.8 Å². The fourth-order valence-electron chi connectivity index (χ4n) is 3.12. The molecule has 0 aliphatic carbocycles. The number of para-hydroxylation sites is 2. The molecule has 1 unspecified atom stereocenters. The fourth-order valence-corrected chi connectivity index (χ4v) is 4.68. The SMILES string of the molecule is COCCN1C(=O)C(CC(=O)Nc2ccccc2Br)SC1=Nc1c(C)cccc1C. The molecule has 158 valence electrons. The Bertz CT molecular complexity index is 960. The number of benzene rings is 2. The van der Waals surface area contributed by atoms with Gasteiger partial charge in [-0.05, 0) is 53.0 Å². The van der Waals surface area contributed by atoms with Crippen LogP contribution in [0.1, 0.15) is 17.5 Å². The van der Waals surface area contributed by atoms with Crippen LogP contribution in [0.2, 0.25) is 0 Å². The van der Waals surface area contributed by atoms with Gasteiger partial charge in [0.2, 0.25) is 11.8 Å². The summed E-state index contributed by atoms with van der Waals surface area (Å²) in [5, 5.41) is 2.95. The number of anilines is 1. The Hall–Kier alpha value is -2.16. The standard InChI is InChI=1S/C22H24BrN3O3S/c1-14-7-6-8-15(2)20(14)25-22-26(11-12-29-3)21(28)18(30-22)13-19(27)24-17-10-5-4-9-16(17)23/h4-10,18H,11-13H2,1-3H3,(H,24,27). The van der Waals surface area contributed by atoms with Crippen molar-refractivity contribution in [2.75, 3.05) is 25.6 Å². The van der Waals surface area contributed by atoms with E-state index in [9.17, 15) is 9.59 Å². The maximum absolute atomic E-state index is 13.0. The van der Waals surface area contributed by atoms with Crippen LogP contribution in [0.3, 0.4) is 0 Å². The summed E-state index contributed by atoms with van der Waals surface area (Å²) < 4.78 is 5.96. The summed E-state index contributed by atoms with van der Waals surface area (Å²) in [6, 6.07) is 13.4. The smallest absolute Gasteiger partial charge is 0.242 e. The molecule has 0 saturated carbocycles. The van der Waals surface area contributed by atoms with Crippen molar-refractivity contribution in [3.05, 3.63) is 58.1 Å². The number of rotatable bonds is 7. The lowest BCUT2D eigenvalue weighted by molar-refractivity contribution is -0.128. The minimum absolute atomic E-state index is 0.0695. The molecule has 1 saturated heterocycles. The second kappa shape index (κ2) is 10.2. The lowest BCUT2D eigenvalue weighted by Gasteiger charge is -2.16. The van der Waals surface area contributed by atoms with Gasteiger partial charge in [-0.3, -0.25) is 14.5 Å². The number of amides is 2. The molecular weight excluding hydrogens is 466 g/mol. The van der Waals surface area contributed by atoms with Crippen molar-refractivity contribution >= 4 is 56.0 Å². The second-order valence-electron chi connectivity index (χ2n) is 6.96. The number of thioether (sulfide) groups is 1. The van der Waals surface area contributed by atoms with Crippen molar-refractivity contribution in [1.29, 1.82) is 0 Å². The van der Waals surface area contributed by atoms with E-state index in [1.54, 1.807) is 12.0 Å². The fraction of sp³-hybridized carbons (Fsp3) is 0.318. The van der Waals surface area contributed by atoms with E-state index < -0.39 is 5.25 Å². The topological polar surface area (TPSA) is 71.0 Å². The molecule has 1 fully saturated rings. The van der Waals surface area contributed by atoms with E-state index >= 15 is 0 Å². The predicted octanol–water partition coefficient (Wildman–Crippen LogP) is 4.67. The second-order valence-corrected chi connectivity index (χ2v) is 8.98. The summed E-state index contributed by atoms with van der Waals surface area (Å²) in [6.45, 7) is 4.79. The maximum atomic E-state index is 13.0. The number of nitrogens with one attached hydrogen (secondary N) is 1. The van der Waals surface area contributed by atoms with Gasteiger partial charge in [-0.1, -0.05) is 42.1 Å². The van der Waals surface area contributed by atoms with Crippen LogP contribution in [0.4, 0.5) is 11.4 Å². The third kappa shape index (κ3) is 5.30. The van der Waals surface area contributed by atoms with Crippen molar-refractivity contribution < 1.29 is 14.3 Å². The summed E-state index contributed by atoms with van der Waals surface area (Å²) in [5.74, 6) is -0.336. The molecule has 8 heteroatoms. The quantitative estimate of drug-likeness (QED) is 0.613. The first-order chi connectivity index (χ1) is 14.4. The molecule has 0 aromatic heterocycles. The number of hydrogen-bond donors (Lipinski definition) is 1. The molecule has 1 heterocycles.